The van der Waals surface area contributed by atoms with Crippen LogP contribution >= 0.6 is 0 Å². The van der Waals surface area contributed by atoms with Gasteiger partial charge in [-0.15, -0.1) is 0 Å². The lowest BCUT2D eigenvalue weighted by Crippen LogP contribution is -2.37. The van der Waals surface area contributed by atoms with Gasteiger partial charge in [-0.3, -0.25) is 0 Å². The minimum atomic E-state index is 1.15. The first-order valence-electron chi connectivity index (χ1n) is 20.5. The summed E-state index contributed by atoms with van der Waals surface area (Å²) in [7, 11) is 0. The standard InChI is InChI=1S/C43H77N2/c1-3-5-7-9-11-13-15-16-17-18-19-20-21-23-25-27-32-38-44-40-41-45(39-33-36-42-34-29-28-30-35-42)43(44)37-31-26-24-22-14-12-10-8-6-4-2/h28-30,34-35,40-41H,3-27,31-33,36-39H2,1-2H3/q+1. The van der Waals surface area contributed by atoms with Gasteiger partial charge in [0.05, 0.1) is 13.1 Å². The molecule has 2 nitrogen and oxygen atoms in total. The van der Waals surface area contributed by atoms with E-state index in [1.165, 1.54) is 205 Å². The largest absolute Gasteiger partial charge is 0.256 e. The molecule has 1 aromatic carbocycles. The molecule has 2 heteroatoms. The number of unbranched alkanes of at least 4 members (excludes halogenated alkanes) is 25. The van der Waals surface area contributed by atoms with E-state index in [0.29, 0.717) is 0 Å². The Morgan fingerprint density at radius 3 is 1.33 bits per heavy atom. The van der Waals surface area contributed by atoms with Gasteiger partial charge in [0, 0.05) is 6.42 Å². The molecule has 2 aromatic rings. The highest BCUT2D eigenvalue weighted by Crippen LogP contribution is 2.16. The Labute approximate surface area is 282 Å². The SMILES string of the molecule is CCCCCCCCCCCCCCCCCCCn1cc[n+](CCCc2ccccc2)c1CCCCCCCCCCCC. The van der Waals surface area contributed by atoms with Gasteiger partial charge in [0.2, 0.25) is 0 Å². The van der Waals surface area contributed by atoms with Gasteiger partial charge in [-0.1, -0.05) is 198 Å². The molecule has 0 N–H and O–H groups in total. The average Bonchev–Trinajstić information content (AvgIpc) is 3.44. The molecule has 0 unspecified atom stereocenters. The molecule has 0 saturated carbocycles. The Morgan fingerprint density at radius 1 is 0.444 bits per heavy atom. The summed E-state index contributed by atoms with van der Waals surface area (Å²) in [5.74, 6) is 1.58. The molecule has 0 aliphatic carbocycles. The van der Waals surface area contributed by atoms with E-state index in [4.69, 9.17) is 0 Å². The van der Waals surface area contributed by atoms with E-state index in [0.717, 1.165) is 6.54 Å². The van der Waals surface area contributed by atoms with E-state index in [2.05, 4.69) is 65.7 Å². The lowest BCUT2D eigenvalue weighted by molar-refractivity contribution is -0.704. The molecule has 0 spiro atoms. The van der Waals surface area contributed by atoms with E-state index in [-0.39, 0.29) is 0 Å². The third-order valence-corrected chi connectivity index (χ3v) is 10.1. The number of aryl methyl sites for hydroxylation is 3. The molecular weight excluding hydrogens is 544 g/mol. The van der Waals surface area contributed by atoms with Crippen LogP contribution in [0.1, 0.15) is 205 Å². The van der Waals surface area contributed by atoms with Crippen molar-refractivity contribution in [1.29, 1.82) is 0 Å². The van der Waals surface area contributed by atoms with Crippen LogP contribution < -0.4 is 4.57 Å². The molecule has 2 rings (SSSR count). The van der Waals surface area contributed by atoms with E-state index >= 15 is 0 Å². The van der Waals surface area contributed by atoms with Crippen molar-refractivity contribution < 1.29 is 4.57 Å². The summed E-state index contributed by atoms with van der Waals surface area (Å²) in [5.41, 5.74) is 1.47. The van der Waals surface area contributed by atoms with Crippen molar-refractivity contribution in [1.82, 2.24) is 4.57 Å². The number of benzene rings is 1. The molecule has 45 heavy (non-hydrogen) atoms. The third-order valence-electron chi connectivity index (χ3n) is 10.1. The Balaban J connectivity index is 1.58. The highest BCUT2D eigenvalue weighted by molar-refractivity contribution is 5.14. The van der Waals surface area contributed by atoms with E-state index in [9.17, 15) is 0 Å². The maximum atomic E-state index is 2.61. The van der Waals surface area contributed by atoms with Gasteiger partial charge in [-0.05, 0) is 37.7 Å². The minimum Gasteiger partial charge on any atom is -0.234 e. The molecule has 0 atom stereocenters. The number of hydrogen-bond donors (Lipinski definition) is 0. The van der Waals surface area contributed by atoms with Crippen molar-refractivity contribution >= 4 is 0 Å². The summed E-state index contributed by atoms with van der Waals surface area (Å²) in [6, 6.07) is 11.0. The Morgan fingerprint density at radius 2 is 0.867 bits per heavy atom. The third kappa shape index (κ3) is 21.8. The topological polar surface area (TPSA) is 8.81 Å². The van der Waals surface area contributed by atoms with Crippen LogP contribution in [0.4, 0.5) is 0 Å². The molecule has 258 valence electrons. The van der Waals surface area contributed by atoms with Crippen molar-refractivity contribution in [2.24, 2.45) is 0 Å². The monoisotopic (exact) mass is 622 g/mol. The van der Waals surface area contributed by atoms with Crippen molar-refractivity contribution in [3.8, 4) is 0 Å². The predicted molar refractivity (Wildman–Crippen MR) is 199 cm³/mol. The summed E-state index contributed by atoms with van der Waals surface area (Å²) in [6.07, 6.45) is 47.1. The molecule has 0 bridgehead atoms. The summed E-state index contributed by atoms with van der Waals surface area (Å²) >= 11 is 0. The zero-order chi connectivity index (χ0) is 31.9. The van der Waals surface area contributed by atoms with Crippen molar-refractivity contribution in [2.75, 3.05) is 0 Å². The summed E-state index contributed by atoms with van der Waals surface area (Å²) < 4.78 is 5.20. The number of imidazole rings is 1. The van der Waals surface area contributed by atoms with E-state index in [1.54, 1.807) is 5.82 Å². The zero-order valence-electron chi connectivity index (χ0n) is 30.6. The molecule has 0 aliphatic heterocycles. The molecule has 1 heterocycles. The predicted octanol–water partition coefficient (Wildman–Crippen LogP) is 13.5. The Kier molecular flexibility index (Phi) is 26.2. The maximum Gasteiger partial charge on any atom is 0.256 e. The fourth-order valence-electron chi connectivity index (χ4n) is 7.07. The summed E-state index contributed by atoms with van der Waals surface area (Å²) in [6.45, 7) is 6.97. The highest BCUT2D eigenvalue weighted by Gasteiger charge is 2.16. The van der Waals surface area contributed by atoms with Crippen LogP contribution in [0.15, 0.2) is 42.7 Å². The fraction of sp³-hybridized carbons (Fsp3) is 0.791. The smallest absolute Gasteiger partial charge is 0.234 e. The Bertz CT molecular complexity index is 869. The van der Waals surface area contributed by atoms with Gasteiger partial charge in [0.25, 0.3) is 5.82 Å². The van der Waals surface area contributed by atoms with Gasteiger partial charge < -0.3 is 0 Å². The van der Waals surface area contributed by atoms with Crippen LogP contribution in [-0.4, -0.2) is 4.57 Å². The van der Waals surface area contributed by atoms with Crippen LogP contribution in [0.3, 0.4) is 0 Å². The van der Waals surface area contributed by atoms with Gasteiger partial charge >= 0.3 is 0 Å². The van der Waals surface area contributed by atoms with E-state index < -0.39 is 0 Å². The minimum absolute atomic E-state index is 1.15. The number of hydrogen-bond acceptors (Lipinski definition) is 0. The fourth-order valence-corrected chi connectivity index (χ4v) is 7.07. The zero-order valence-corrected chi connectivity index (χ0v) is 30.6. The van der Waals surface area contributed by atoms with Crippen molar-refractivity contribution in [3.63, 3.8) is 0 Å². The summed E-state index contributed by atoms with van der Waals surface area (Å²) in [4.78, 5) is 0. The lowest BCUT2D eigenvalue weighted by atomic mass is 10.0. The number of aromatic nitrogens is 2. The molecule has 0 saturated heterocycles. The molecule has 1 aromatic heterocycles. The quantitative estimate of drug-likeness (QED) is 0.0554. The van der Waals surface area contributed by atoms with Crippen LogP contribution in [0, 0.1) is 0 Å². The molecule has 0 aliphatic rings. The molecule has 0 fully saturated rings. The van der Waals surface area contributed by atoms with E-state index in [1.807, 2.05) is 0 Å². The van der Waals surface area contributed by atoms with Gasteiger partial charge in [0.1, 0.15) is 12.4 Å². The van der Waals surface area contributed by atoms with Gasteiger partial charge in [0.15, 0.2) is 0 Å². The van der Waals surface area contributed by atoms with Crippen molar-refractivity contribution in [2.45, 2.75) is 220 Å². The number of nitrogens with zero attached hydrogens (tertiary/aromatic N) is 2. The highest BCUT2D eigenvalue weighted by atomic mass is 15.1. The average molecular weight is 622 g/mol. The second-order valence-electron chi connectivity index (χ2n) is 14.3. The maximum absolute atomic E-state index is 2.61. The Hall–Kier alpha value is -1.57. The first-order chi connectivity index (χ1) is 22.3. The van der Waals surface area contributed by atoms with Crippen molar-refractivity contribution in [3.05, 3.63) is 54.1 Å². The molecular formula is C43H77N2+. The number of rotatable bonds is 33. The van der Waals surface area contributed by atoms with Crippen LogP contribution in [0.2, 0.25) is 0 Å². The normalized spacial score (nSPS) is 11.5. The van der Waals surface area contributed by atoms with Gasteiger partial charge in [-0.25, -0.2) is 9.13 Å². The van der Waals surface area contributed by atoms with Crippen LogP contribution in [0.25, 0.3) is 0 Å². The molecule has 0 amide bonds. The van der Waals surface area contributed by atoms with Crippen LogP contribution in [0.5, 0.6) is 0 Å². The second kappa shape index (κ2) is 29.8. The summed E-state index contributed by atoms with van der Waals surface area (Å²) in [5, 5.41) is 0. The molecule has 0 radical (unpaired) electrons. The van der Waals surface area contributed by atoms with Crippen LogP contribution in [-0.2, 0) is 25.9 Å². The lowest BCUT2D eigenvalue weighted by Gasteiger charge is -2.07. The first kappa shape index (κ1) is 39.6. The first-order valence-corrected chi connectivity index (χ1v) is 20.5. The van der Waals surface area contributed by atoms with Gasteiger partial charge in [-0.2, -0.15) is 0 Å². The second-order valence-corrected chi connectivity index (χ2v) is 14.3.